The topological polar surface area (TPSA) is 131 Å². The Morgan fingerprint density at radius 2 is 1.86 bits per heavy atom. The van der Waals surface area contributed by atoms with E-state index in [4.69, 9.17) is 41.3 Å². The molecule has 0 aliphatic heterocycles. The molecule has 1 amide bonds. The van der Waals surface area contributed by atoms with Gasteiger partial charge in [-0.2, -0.15) is 0 Å². The van der Waals surface area contributed by atoms with Crippen LogP contribution in [0.1, 0.15) is 31.7 Å². The van der Waals surface area contributed by atoms with Gasteiger partial charge in [-0.15, -0.1) is 24.0 Å². The monoisotopic (exact) mass is 647 g/mol. The Balaban J connectivity index is 0.00000529. The minimum atomic E-state index is -0.483. The molecule has 0 atom stereocenters. The second-order valence-electron chi connectivity index (χ2n) is 10.2. The first kappa shape index (κ1) is 34.7. The zero-order chi connectivity index (χ0) is 30.9. The predicted octanol–water partition coefficient (Wildman–Crippen LogP) is 4.77. The van der Waals surface area contributed by atoms with E-state index in [-0.39, 0.29) is 36.9 Å². The molecule has 0 unspecified atom stereocenters. The van der Waals surface area contributed by atoms with Crippen LogP contribution < -0.4 is 15.2 Å². The maximum Gasteiger partial charge on any atom is 0.344 e. The number of halogens is 2. The number of aryl methyl sites for hydroxylation is 1. The lowest BCUT2D eigenvalue weighted by molar-refractivity contribution is -0.149. The fraction of sp³-hybridized carbons (Fsp3) is 0.419. The molecule has 44 heavy (non-hydrogen) atoms. The second-order valence-corrected chi connectivity index (χ2v) is 10.5. The molecule has 4 rings (SSSR count). The van der Waals surface area contributed by atoms with Crippen LogP contribution in [-0.4, -0.2) is 77.3 Å². The van der Waals surface area contributed by atoms with Crippen LogP contribution in [0.4, 0.5) is 5.82 Å². The summed E-state index contributed by atoms with van der Waals surface area (Å²) in [7, 11) is 3.17. The van der Waals surface area contributed by atoms with Crippen molar-refractivity contribution in [1.29, 1.82) is 0 Å². The number of esters is 1. The lowest BCUT2D eigenvalue weighted by atomic mass is 10.1. The van der Waals surface area contributed by atoms with E-state index in [1.54, 1.807) is 38.0 Å². The molecule has 2 aromatic carbocycles. The van der Waals surface area contributed by atoms with Gasteiger partial charge in [-0.05, 0) is 44.0 Å². The summed E-state index contributed by atoms with van der Waals surface area (Å²) in [6.45, 7) is 5.10. The van der Waals surface area contributed by atoms with Gasteiger partial charge in [-0.3, -0.25) is 4.79 Å². The summed E-state index contributed by atoms with van der Waals surface area (Å²) in [5.74, 6) is 1.22. The van der Waals surface area contributed by atoms with Crippen molar-refractivity contribution in [1.82, 2.24) is 19.4 Å². The van der Waals surface area contributed by atoms with Crippen LogP contribution in [0.25, 0.3) is 21.9 Å². The maximum absolute atomic E-state index is 12.9. The molecule has 0 saturated carbocycles. The molecular formula is C31H39Cl2N5O6. The minimum Gasteiger partial charge on any atom is -0.493 e. The lowest BCUT2D eigenvalue weighted by Crippen LogP contribution is -2.33. The Kier molecular flexibility index (Phi) is 12.9. The molecule has 0 fully saturated rings. The third kappa shape index (κ3) is 8.43. The van der Waals surface area contributed by atoms with Gasteiger partial charge >= 0.3 is 5.97 Å². The number of hydrogen-bond donors (Lipinski definition) is 1. The number of aromatic nitrogens is 3. The lowest BCUT2D eigenvalue weighted by Gasteiger charge is -2.23. The van der Waals surface area contributed by atoms with E-state index in [0.29, 0.717) is 61.9 Å². The Morgan fingerprint density at radius 3 is 2.57 bits per heavy atom. The van der Waals surface area contributed by atoms with Crippen LogP contribution in [-0.2, 0) is 38.6 Å². The van der Waals surface area contributed by atoms with Crippen molar-refractivity contribution in [2.75, 3.05) is 45.6 Å². The van der Waals surface area contributed by atoms with Crippen molar-refractivity contribution in [2.45, 2.75) is 45.9 Å². The normalized spacial score (nSPS) is 11.0. The SMILES string of the molecule is COCCc1nc2c(N)nc3ccccc3c2n1CCCN(Cc1ccc(OC)c(OCC(=O)OC(C)C)c1)C(=O)CCl.Cl. The molecule has 0 radical (unpaired) electrons. The van der Waals surface area contributed by atoms with E-state index >= 15 is 0 Å². The number of fused-ring (bicyclic) bond motifs is 3. The molecule has 0 bridgehead atoms. The molecule has 238 valence electrons. The Morgan fingerprint density at radius 1 is 1.09 bits per heavy atom. The van der Waals surface area contributed by atoms with Crippen molar-refractivity contribution in [3.8, 4) is 11.5 Å². The van der Waals surface area contributed by atoms with Crippen LogP contribution in [0.5, 0.6) is 11.5 Å². The molecule has 0 aliphatic rings. The first-order valence-corrected chi connectivity index (χ1v) is 14.6. The second kappa shape index (κ2) is 16.3. The molecule has 0 aliphatic carbocycles. The number of imidazole rings is 1. The first-order chi connectivity index (χ1) is 20.7. The average molecular weight is 649 g/mol. The zero-order valence-electron chi connectivity index (χ0n) is 25.4. The number of para-hydroxylation sites is 1. The van der Waals surface area contributed by atoms with Gasteiger partial charge in [0, 0.05) is 38.6 Å². The molecule has 2 aromatic heterocycles. The molecule has 13 heteroatoms. The highest BCUT2D eigenvalue weighted by atomic mass is 35.5. The molecule has 0 saturated heterocycles. The van der Waals surface area contributed by atoms with Gasteiger partial charge in [0.15, 0.2) is 23.9 Å². The van der Waals surface area contributed by atoms with Crippen molar-refractivity contribution >= 4 is 63.6 Å². The van der Waals surface area contributed by atoms with Crippen LogP contribution >= 0.6 is 24.0 Å². The zero-order valence-corrected chi connectivity index (χ0v) is 26.9. The van der Waals surface area contributed by atoms with Crippen LogP contribution in [0.2, 0.25) is 0 Å². The number of amides is 1. The Labute approximate surface area is 268 Å². The van der Waals surface area contributed by atoms with Crippen molar-refractivity contribution < 1.29 is 28.5 Å². The number of nitrogens with two attached hydrogens (primary N) is 1. The largest absolute Gasteiger partial charge is 0.493 e. The predicted molar refractivity (Wildman–Crippen MR) is 173 cm³/mol. The Bertz CT molecular complexity index is 1580. The fourth-order valence-corrected chi connectivity index (χ4v) is 5.08. The summed E-state index contributed by atoms with van der Waals surface area (Å²) in [4.78, 5) is 36.0. The van der Waals surface area contributed by atoms with Crippen molar-refractivity contribution in [3.63, 3.8) is 0 Å². The number of rotatable bonds is 15. The number of carbonyl (C=O) groups is 2. The van der Waals surface area contributed by atoms with Gasteiger partial charge in [0.2, 0.25) is 5.91 Å². The summed E-state index contributed by atoms with van der Waals surface area (Å²) < 4.78 is 23.7. The van der Waals surface area contributed by atoms with E-state index in [2.05, 4.69) is 9.55 Å². The van der Waals surface area contributed by atoms with Gasteiger partial charge < -0.3 is 34.1 Å². The van der Waals surface area contributed by atoms with Gasteiger partial charge in [-0.25, -0.2) is 14.8 Å². The summed E-state index contributed by atoms with van der Waals surface area (Å²) in [6, 6.07) is 13.2. The minimum absolute atomic E-state index is 0. The van der Waals surface area contributed by atoms with Crippen LogP contribution in [0.15, 0.2) is 42.5 Å². The van der Waals surface area contributed by atoms with Gasteiger partial charge in [0.25, 0.3) is 0 Å². The van der Waals surface area contributed by atoms with E-state index < -0.39 is 5.97 Å². The van der Waals surface area contributed by atoms with Crippen molar-refractivity contribution in [2.24, 2.45) is 0 Å². The highest BCUT2D eigenvalue weighted by molar-refractivity contribution is 6.27. The number of hydrogen-bond acceptors (Lipinski definition) is 9. The fourth-order valence-electron chi connectivity index (χ4n) is 4.91. The van der Waals surface area contributed by atoms with E-state index in [1.807, 2.05) is 30.3 Å². The number of methoxy groups -OCH3 is 2. The number of nitrogens with zero attached hydrogens (tertiary/aromatic N) is 4. The quantitative estimate of drug-likeness (QED) is 0.143. The van der Waals surface area contributed by atoms with E-state index in [1.165, 1.54) is 7.11 Å². The summed E-state index contributed by atoms with van der Waals surface area (Å²) in [5.41, 5.74) is 9.47. The van der Waals surface area contributed by atoms with Gasteiger partial charge in [-0.1, -0.05) is 24.3 Å². The smallest absolute Gasteiger partial charge is 0.344 e. The van der Waals surface area contributed by atoms with Crippen molar-refractivity contribution in [3.05, 3.63) is 53.9 Å². The summed E-state index contributed by atoms with van der Waals surface area (Å²) in [6.07, 6.45) is 0.983. The van der Waals surface area contributed by atoms with Gasteiger partial charge in [0.1, 0.15) is 17.2 Å². The maximum atomic E-state index is 12.9. The molecular weight excluding hydrogens is 609 g/mol. The van der Waals surface area contributed by atoms with Gasteiger partial charge in [0.05, 0.1) is 30.9 Å². The number of nitrogen functional groups attached to an aromatic ring is 1. The third-order valence-corrected chi connectivity index (χ3v) is 7.04. The van der Waals surface area contributed by atoms with Crippen LogP contribution in [0.3, 0.4) is 0 Å². The number of carbonyl (C=O) groups excluding carboxylic acids is 2. The van der Waals surface area contributed by atoms with E-state index in [9.17, 15) is 9.59 Å². The molecule has 2 N–H and O–H groups in total. The van der Waals surface area contributed by atoms with Crippen LogP contribution in [0, 0.1) is 0 Å². The summed E-state index contributed by atoms with van der Waals surface area (Å²) >= 11 is 6.00. The number of alkyl halides is 1. The summed E-state index contributed by atoms with van der Waals surface area (Å²) in [5, 5.41) is 0.958. The first-order valence-electron chi connectivity index (χ1n) is 14.1. The molecule has 11 nitrogen and oxygen atoms in total. The third-order valence-electron chi connectivity index (χ3n) is 6.81. The molecule has 4 aromatic rings. The average Bonchev–Trinajstić information content (AvgIpc) is 3.37. The standard InChI is InChI=1S/C31H38ClN5O6.ClH/c1-20(2)43-28(39)19-42-25-16-21(10-11-24(25)41-4)18-36(27(38)17-32)13-7-14-37-26(12-15-40-3)35-29-30(37)22-8-5-6-9-23(22)34-31(29)33;/h5-6,8-11,16,20H,7,12-15,17-19H2,1-4H3,(H2,33,34);1H. The number of benzene rings is 2. The number of ether oxygens (including phenoxy) is 4. The number of pyridine rings is 1. The highest BCUT2D eigenvalue weighted by Crippen LogP contribution is 2.30. The molecule has 0 spiro atoms. The highest BCUT2D eigenvalue weighted by Gasteiger charge is 2.19. The molecule has 2 heterocycles. The number of anilines is 1. The Hall–Kier alpha value is -3.80. The van der Waals surface area contributed by atoms with E-state index in [0.717, 1.165) is 27.8 Å².